The van der Waals surface area contributed by atoms with Crippen LogP contribution in [0.25, 0.3) is 0 Å². The summed E-state index contributed by atoms with van der Waals surface area (Å²) in [6.07, 6.45) is 4.24. The number of unbranched alkanes of at least 4 members (excludes halogenated alkanes) is 4. The first-order valence-electron chi connectivity index (χ1n) is 4.54. The maximum absolute atomic E-state index is 10.1. The van der Waals surface area contributed by atoms with Gasteiger partial charge in [0.1, 0.15) is 0 Å². The van der Waals surface area contributed by atoms with Gasteiger partial charge < -0.3 is 15.0 Å². The minimum Gasteiger partial charge on any atom is -0.550 e. The van der Waals surface area contributed by atoms with E-state index in [4.69, 9.17) is 5.11 Å². The van der Waals surface area contributed by atoms with Gasteiger partial charge in [0.25, 0.3) is 0 Å². The van der Waals surface area contributed by atoms with E-state index >= 15 is 0 Å². The van der Waals surface area contributed by atoms with Crippen molar-refractivity contribution < 1.29 is 19.8 Å². The molecular formula is C9H15O4-. The van der Waals surface area contributed by atoms with Crippen LogP contribution in [0, 0.1) is 0 Å². The van der Waals surface area contributed by atoms with E-state index in [0.717, 1.165) is 19.3 Å². The molecule has 4 heteroatoms. The summed E-state index contributed by atoms with van der Waals surface area (Å²) in [7, 11) is 0. The van der Waals surface area contributed by atoms with E-state index in [1.807, 2.05) is 0 Å². The van der Waals surface area contributed by atoms with Crippen LogP contribution >= 0.6 is 0 Å². The fraction of sp³-hybridized carbons (Fsp3) is 0.778. The van der Waals surface area contributed by atoms with Crippen molar-refractivity contribution in [3.8, 4) is 0 Å². The fourth-order valence-electron chi connectivity index (χ4n) is 1.08. The quantitative estimate of drug-likeness (QED) is 0.563. The molecule has 0 unspecified atom stereocenters. The van der Waals surface area contributed by atoms with Gasteiger partial charge in [-0.15, -0.1) is 0 Å². The van der Waals surface area contributed by atoms with Gasteiger partial charge in [-0.1, -0.05) is 19.3 Å². The second-order valence-electron chi connectivity index (χ2n) is 3.03. The molecule has 0 heterocycles. The van der Waals surface area contributed by atoms with Gasteiger partial charge in [-0.25, -0.2) is 0 Å². The number of carbonyl (C=O) groups is 2. The summed E-state index contributed by atoms with van der Waals surface area (Å²) in [5.41, 5.74) is 0. The monoisotopic (exact) mass is 187 g/mol. The number of carboxylic acids is 2. The molecule has 1 N–H and O–H groups in total. The zero-order chi connectivity index (χ0) is 10.1. The Morgan fingerprint density at radius 2 is 1.38 bits per heavy atom. The lowest BCUT2D eigenvalue weighted by Crippen LogP contribution is -2.21. The van der Waals surface area contributed by atoms with Crippen molar-refractivity contribution in [3.05, 3.63) is 0 Å². The summed E-state index contributed by atoms with van der Waals surface area (Å²) in [4.78, 5) is 20.1. The molecule has 0 atom stereocenters. The average molecular weight is 187 g/mol. The smallest absolute Gasteiger partial charge is 0.303 e. The van der Waals surface area contributed by atoms with Crippen molar-refractivity contribution >= 4 is 11.9 Å². The summed E-state index contributed by atoms with van der Waals surface area (Å²) in [5, 5.41) is 18.3. The van der Waals surface area contributed by atoms with Crippen molar-refractivity contribution in [2.75, 3.05) is 0 Å². The number of rotatable bonds is 8. The molecule has 0 saturated heterocycles. The normalized spacial score (nSPS) is 9.85. The van der Waals surface area contributed by atoms with Gasteiger partial charge in [-0.05, 0) is 19.3 Å². The minimum absolute atomic E-state index is 0.110. The lowest BCUT2D eigenvalue weighted by atomic mass is 10.1. The summed E-state index contributed by atoms with van der Waals surface area (Å²) >= 11 is 0. The van der Waals surface area contributed by atoms with Crippen LogP contribution in [-0.2, 0) is 9.59 Å². The second-order valence-corrected chi connectivity index (χ2v) is 3.03. The zero-order valence-corrected chi connectivity index (χ0v) is 7.62. The number of hydrogen-bond donors (Lipinski definition) is 1. The fourth-order valence-corrected chi connectivity index (χ4v) is 1.08. The van der Waals surface area contributed by atoms with Gasteiger partial charge in [0.15, 0.2) is 0 Å². The zero-order valence-electron chi connectivity index (χ0n) is 7.62. The molecule has 0 aromatic carbocycles. The van der Waals surface area contributed by atoms with E-state index in [-0.39, 0.29) is 12.8 Å². The van der Waals surface area contributed by atoms with E-state index in [2.05, 4.69) is 0 Å². The topological polar surface area (TPSA) is 77.4 Å². The molecular weight excluding hydrogens is 172 g/mol. The second kappa shape index (κ2) is 7.58. The molecule has 0 aliphatic carbocycles. The Morgan fingerprint density at radius 3 is 1.85 bits per heavy atom. The molecule has 0 spiro atoms. The number of carboxylic acid groups (broad SMARTS) is 2. The largest absolute Gasteiger partial charge is 0.550 e. The highest BCUT2D eigenvalue weighted by molar-refractivity contribution is 5.66. The van der Waals surface area contributed by atoms with Gasteiger partial charge in [0.05, 0.1) is 0 Å². The summed E-state index contributed by atoms with van der Waals surface area (Å²) < 4.78 is 0. The Balaban J connectivity index is 3.00. The number of carbonyl (C=O) groups excluding carboxylic acids is 1. The first kappa shape index (κ1) is 11.9. The van der Waals surface area contributed by atoms with Crippen molar-refractivity contribution in [2.24, 2.45) is 0 Å². The lowest BCUT2D eigenvalue weighted by molar-refractivity contribution is -0.305. The van der Waals surface area contributed by atoms with Crippen LogP contribution in [0.4, 0.5) is 0 Å². The van der Waals surface area contributed by atoms with Crippen LogP contribution < -0.4 is 5.11 Å². The van der Waals surface area contributed by atoms with Crippen molar-refractivity contribution in [3.63, 3.8) is 0 Å². The van der Waals surface area contributed by atoms with E-state index < -0.39 is 11.9 Å². The highest BCUT2D eigenvalue weighted by atomic mass is 16.4. The Bertz CT molecular complexity index is 147. The lowest BCUT2D eigenvalue weighted by Gasteiger charge is -2.01. The SMILES string of the molecule is O=C([O-])CCCCCCCC(=O)O. The maximum Gasteiger partial charge on any atom is 0.303 e. The standard InChI is InChI=1S/C9H16O4/c10-8(11)6-4-2-1-3-5-7-9(12)13/h1-7H2,(H,10,11)(H,12,13)/p-1. The highest BCUT2D eigenvalue weighted by Gasteiger charge is 1.96. The van der Waals surface area contributed by atoms with E-state index in [0.29, 0.717) is 12.8 Å². The van der Waals surface area contributed by atoms with Gasteiger partial charge in [-0.2, -0.15) is 0 Å². The summed E-state index contributed by atoms with van der Waals surface area (Å²) in [6.45, 7) is 0. The maximum atomic E-state index is 10.1. The molecule has 4 nitrogen and oxygen atoms in total. The Kier molecular flexibility index (Phi) is 6.96. The van der Waals surface area contributed by atoms with Crippen LogP contribution in [0.5, 0.6) is 0 Å². The predicted molar refractivity (Wildman–Crippen MR) is 45.0 cm³/mol. The van der Waals surface area contributed by atoms with Crippen molar-refractivity contribution in [1.82, 2.24) is 0 Å². The van der Waals surface area contributed by atoms with Gasteiger partial charge >= 0.3 is 5.97 Å². The molecule has 0 aliphatic rings. The molecule has 0 radical (unpaired) electrons. The van der Waals surface area contributed by atoms with Crippen LogP contribution in [0.1, 0.15) is 44.9 Å². The van der Waals surface area contributed by atoms with E-state index in [1.165, 1.54) is 0 Å². The van der Waals surface area contributed by atoms with Gasteiger partial charge in [-0.3, -0.25) is 4.79 Å². The third-order valence-corrected chi connectivity index (χ3v) is 1.77. The van der Waals surface area contributed by atoms with Crippen LogP contribution in [-0.4, -0.2) is 17.0 Å². The van der Waals surface area contributed by atoms with E-state index in [1.54, 1.807) is 0 Å². The highest BCUT2D eigenvalue weighted by Crippen LogP contribution is 2.06. The third kappa shape index (κ3) is 10.9. The third-order valence-electron chi connectivity index (χ3n) is 1.77. The Morgan fingerprint density at radius 1 is 0.923 bits per heavy atom. The van der Waals surface area contributed by atoms with Crippen molar-refractivity contribution in [2.45, 2.75) is 44.9 Å². The van der Waals surface area contributed by atoms with Crippen molar-refractivity contribution in [1.29, 1.82) is 0 Å². The molecule has 0 aromatic heterocycles. The first-order chi connectivity index (χ1) is 6.13. The number of aliphatic carboxylic acids is 2. The summed E-state index contributed by atoms with van der Waals surface area (Å²) in [5.74, 6) is -1.78. The molecule has 0 fully saturated rings. The average Bonchev–Trinajstić information content (AvgIpc) is 2.01. The molecule has 0 aromatic rings. The predicted octanol–water partition coefficient (Wildman–Crippen LogP) is 0.552. The molecule has 76 valence electrons. The first-order valence-corrected chi connectivity index (χ1v) is 4.54. The van der Waals surface area contributed by atoms with Crippen LogP contribution in [0.15, 0.2) is 0 Å². The van der Waals surface area contributed by atoms with Gasteiger partial charge in [0.2, 0.25) is 0 Å². The summed E-state index contributed by atoms with van der Waals surface area (Å²) in [6, 6.07) is 0. The number of hydrogen-bond acceptors (Lipinski definition) is 3. The Labute approximate surface area is 77.6 Å². The van der Waals surface area contributed by atoms with Crippen LogP contribution in [0.3, 0.4) is 0 Å². The Hall–Kier alpha value is -1.06. The molecule has 0 rings (SSSR count). The molecule has 0 saturated carbocycles. The molecule has 0 bridgehead atoms. The van der Waals surface area contributed by atoms with E-state index in [9.17, 15) is 14.7 Å². The molecule has 13 heavy (non-hydrogen) atoms. The minimum atomic E-state index is -1.01. The molecule has 0 amide bonds. The molecule has 0 aliphatic heterocycles. The van der Waals surface area contributed by atoms with Gasteiger partial charge in [0, 0.05) is 12.4 Å². The van der Waals surface area contributed by atoms with Crippen LogP contribution in [0.2, 0.25) is 0 Å².